The highest BCUT2D eigenvalue weighted by atomic mass is 35.5. The summed E-state index contributed by atoms with van der Waals surface area (Å²) in [6.07, 6.45) is 0. The molecule has 1 N–H and O–H groups in total. The van der Waals surface area contributed by atoms with E-state index in [-0.39, 0.29) is 5.91 Å². The maximum Gasteiger partial charge on any atom is 0.255 e. The first-order chi connectivity index (χ1) is 7.61. The molecule has 0 unspecified atom stereocenters. The normalized spacial score (nSPS) is 10.0. The van der Waals surface area contributed by atoms with Crippen molar-refractivity contribution >= 4 is 17.5 Å². The number of carbonyl (C=O) groups excluding carboxylic acids is 1. The van der Waals surface area contributed by atoms with E-state index in [1.165, 1.54) is 0 Å². The van der Waals surface area contributed by atoms with Gasteiger partial charge in [-0.3, -0.25) is 4.79 Å². The van der Waals surface area contributed by atoms with Gasteiger partial charge in [0, 0.05) is 11.6 Å². The molecule has 0 bridgehead atoms. The average Bonchev–Trinajstić information content (AvgIpc) is 2.24. The monoisotopic (exact) mass is 241 g/mol. The summed E-state index contributed by atoms with van der Waals surface area (Å²) in [5, 5.41) is 3.32. The fourth-order valence-corrected chi connectivity index (χ4v) is 1.63. The van der Waals surface area contributed by atoms with E-state index in [0.717, 1.165) is 5.56 Å². The van der Waals surface area contributed by atoms with E-state index in [9.17, 15) is 4.79 Å². The van der Waals surface area contributed by atoms with E-state index in [1.54, 1.807) is 12.1 Å². The first-order valence-electron chi connectivity index (χ1n) is 5.31. The zero-order chi connectivity index (χ0) is 12.1. The average molecular weight is 242 g/mol. The number of hydrogen-bond acceptors (Lipinski definition) is 2. The highest BCUT2D eigenvalue weighted by Crippen LogP contribution is 2.28. The van der Waals surface area contributed by atoms with Crippen molar-refractivity contribution in [2.75, 3.05) is 13.2 Å². The van der Waals surface area contributed by atoms with Crippen molar-refractivity contribution in [2.24, 2.45) is 0 Å². The fourth-order valence-electron chi connectivity index (χ4n) is 1.47. The van der Waals surface area contributed by atoms with Crippen LogP contribution >= 0.6 is 11.6 Å². The highest BCUT2D eigenvalue weighted by molar-refractivity contribution is 6.32. The Hall–Kier alpha value is -1.22. The van der Waals surface area contributed by atoms with E-state index < -0.39 is 0 Å². The Morgan fingerprint density at radius 3 is 2.69 bits per heavy atom. The fraction of sp³-hybridized carbons (Fsp3) is 0.417. The maximum atomic E-state index is 11.9. The lowest BCUT2D eigenvalue weighted by Gasteiger charge is -2.13. The zero-order valence-corrected chi connectivity index (χ0v) is 10.5. The molecule has 0 heterocycles. The predicted octanol–water partition coefficient (Wildman–Crippen LogP) is 2.80. The second-order valence-electron chi connectivity index (χ2n) is 3.34. The molecule has 4 heteroatoms. The van der Waals surface area contributed by atoms with Gasteiger partial charge >= 0.3 is 0 Å². The molecule has 3 nitrogen and oxygen atoms in total. The topological polar surface area (TPSA) is 38.3 Å². The summed E-state index contributed by atoms with van der Waals surface area (Å²) in [7, 11) is 0. The SMILES string of the molecule is CCNC(=O)c1c(OCC)ccc(Cl)c1C. The van der Waals surface area contributed by atoms with Crippen molar-refractivity contribution in [3.8, 4) is 5.75 Å². The Balaban J connectivity index is 3.20. The third kappa shape index (κ3) is 2.67. The lowest BCUT2D eigenvalue weighted by molar-refractivity contribution is 0.0951. The predicted molar refractivity (Wildman–Crippen MR) is 65.4 cm³/mol. The Labute approximate surface area is 101 Å². The Kier molecular flexibility index (Phi) is 4.62. The molecule has 0 aliphatic rings. The maximum absolute atomic E-state index is 11.9. The number of ether oxygens (including phenoxy) is 1. The molecule has 0 spiro atoms. The van der Waals surface area contributed by atoms with Gasteiger partial charge in [-0.15, -0.1) is 0 Å². The van der Waals surface area contributed by atoms with Crippen LogP contribution in [0.25, 0.3) is 0 Å². The summed E-state index contributed by atoms with van der Waals surface area (Å²) in [6, 6.07) is 3.47. The van der Waals surface area contributed by atoms with Crippen LogP contribution in [0.5, 0.6) is 5.75 Å². The lowest BCUT2D eigenvalue weighted by atomic mass is 10.1. The van der Waals surface area contributed by atoms with Crippen molar-refractivity contribution in [3.63, 3.8) is 0 Å². The quantitative estimate of drug-likeness (QED) is 0.880. The van der Waals surface area contributed by atoms with Crippen LogP contribution in [0.4, 0.5) is 0 Å². The van der Waals surface area contributed by atoms with Crippen LogP contribution in [0.1, 0.15) is 29.8 Å². The van der Waals surface area contributed by atoms with Crippen LogP contribution in [-0.4, -0.2) is 19.1 Å². The van der Waals surface area contributed by atoms with Gasteiger partial charge in [-0.1, -0.05) is 11.6 Å². The van der Waals surface area contributed by atoms with Gasteiger partial charge in [0.25, 0.3) is 5.91 Å². The summed E-state index contributed by atoms with van der Waals surface area (Å²) in [4.78, 5) is 11.9. The van der Waals surface area contributed by atoms with E-state index in [4.69, 9.17) is 16.3 Å². The Bertz CT molecular complexity index is 391. The molecule has 1 amide bonds. The molecular weight excluding hydrogens is 226 g/mol. The van der Waals surface area contributed by atoms with Crippen LogP contribution in [-0.2, 0) is 0 Å². The van der Waals surface area contributed by atoms with Gasteiger partial charge in [-0.25, -0.2) is 0 Å². The van der Waals surface area contributed by atoms with Gasteiger partial charge in [-0.2, -0.15) is 0 Å². The van der Waals surface area contributed by atoms with Crippen molar-refractivity contribution in [1.82, 2.24) is 5.32 Å². The third-order valence-electron chi connectivity index (χ3n) is 2.22. The molecule has 1 rings (SSSR count). The molecule has 0 saturated heterocycles. The summed E-state index contributed by atoms with van der Waals surface area (Å²) < 4.78 is 5.42. The third-order valence-corrected chi connectivity index (χ3v) is 2.63. The molecule has 0 aliphatic heterocycles. The summed E-state index contributed by atoms with van der Waals surface area (Å²) in [5.74, 6) is 0.432. The molecule has 88 valence electrons. The Morgan fingerprint density at radius 1 is 1.44 bits per heavy atom. The minimum absolute atomic E-state index is 0.147. The van der Waals surface area contributed by atoms with Gasteiger partial charge in [-0.05, 0) is 38.5 Å². The number of hydrogen-bond donors (Lipinski definition) is 1. The first-order valence-corrected chi connectivity index (χ1v) is 5.69. The highest BCUT2D eigenvalue weighted by Gasteiger charge is 2.16. The van der Waals surface area contributed by atoms with Crippen LogP contribution in [0.3, 0.4) is 0 Å². The molecule has 1 aromatic carbocycles. The number of nitrogens with one attached hydrogen (secondary N) is 1. The second-order valence-corrected chi connectivity index (χ2v) is 3.75. The van der Waals surface area contributed by atoms with Crippen LogP contribution in [0, 0.1) is 6.92 Å². The molecule has 1 aromatic rings. The Morgan fingerprint density at radius 2 is 2.12 bits per heavy atom. The number of carbonyl (C=O) groups is 1. The summed E-state index contributed by atoms with van der Waals surface area (Å²) >= 11 is 5.99. The minimum Gasteiger partial charge on any atom is -0.493 e. The molecule has 0 aliphatic carbocycles. The van der Waals surface area contributed by atoms with Gasteiger partial charge < -0.3 is 10.1 Å². The van der Waals surface area contributed by atoms with Gasteiger partial charge in [0.15, 0.2) is 0 Å². The van der Waals surface area contributed by atoms with E-state index in [1.807, 2.05) is 20.8 Å². The molecule has 0 fully saturated rings. The molecule has 16 heavy (non-hydrogen) atoms. The summed E-state index contributed by atoms with van der Waals surface area (Å²) in [6.45, 7) is 6.67. The zero-order valence-electron chi connectivity index (χ0n) is 9.76. The van der Waals surface area contributed by atoms with Gasteiger partial charge in [0.2, 0.25) is 0 Å². The van der Waals surface area contributed by atoms with E-state index in [2.05, 4.69) is 5.32 Å². The van der Waals surface area contributed by atoms with Crippen molar-refractivity contribution < 1.29 is 9.53 Å². The van der Waals surface area contributed by atoms with Crippen molar-refractivity contribution in [2.45, 2.75) is 20.8 Å². The smallest absolute Gasteiger partial charge is 0.255 e. The second kappa shape index (κ2) is 5.75. The van der Waals surface area contributed by atoms with Crippen molar-refractivity contribution in [1.29, 1.82) is 0 Å². The van der Waals surface area contributed by atoms with Crippen LogP contribution in [0.2, 0.25) is 5.02 Å². The first kappa shape index (κ1) is 12.8. The summed E-state index contributed by atoms with van der Waals surface area (Å²) in [5.41, 5.74) is 1.27. The van der Waals surface area contributed by atoms with Gasteiger partial charge in [0.1, 0.15) is 5.75 Å². The van der Waals surface area contributed by atoms with Crippen molar-refractivity contribution in [3.05, 3.63) is 28.3 Å². The largest absolute Gasteiger partial charge is 0.493 e. The van der Waals surface area contributed by atoms with Gasteiger partial charge in [0.05, 0.1) is 12.2 Å². The minimum atomic E-state index is -0.147. The molecule has 0 atom stereocenters. The standard InChI is InChI=1S/C12H16ClNO2/c1-4-14-12(15)11-8(3)9(13)6-7-10(11)16-5-2/h6-7H,4-5H2,1-3H3,(H,14,15). The molecule has 0 saturated carbocycles. The van der Waals surface area contributed by atoms with Crippen LogP contribution < -0.4 is 10.1 Å². The number of benzene rings is 1. The van der Waals surface area contributed by atoms with Crippen LogP contribution in [0.15, 0.2) is 12.1 Å². The van der Waals surface area contributed by atoms with E-state index in [0.29, 0.717) is 29.5 Å². The number of rotatable bonds is 4. The lowest BCUT2D eigenvalue weighted by Crippen LogP contribution is -2.24. The number of amides is 1. The molecule has 0 aromatic heterocycles. The number of halogens is 1. The molecular formula is C12H16ClNO2. The van der Waals surface area contributed by atoms with E-state index >= 15 is 0 Å². The molecule has 0 radical (unpaired) electrons.